The third-order valence-electron chi connectivity index (χ3n) is 11.2. The van der Waals surface area contributed by atoms with Gasteiger partial charge in [-0.1, -0.05) is 86.2 Å². The minimum Gasteiger partial charge on any atom is -0.458 e. The second-order valence-corrected chi connectivity index (χ2v) is 17.5. The zero-order chi connectivity index (χ0) is 52.2. The Morgan fingerprint density at radius 1 is 0.653 bits per heavy atom. The zero-order valence-corrected chi connectivity index (χ0v) is 40.2. The molecule has 5 rings (SSSR count). The lowest BCUT2D eigenvalue weighted by Crippen LogP contribution is -2.68. The van der Waals surface area contributed by atoms with Crippen LogP contribution in [0.1, 0.15) is 59.1 Å². The summed E-state index contributed by atoms with van der Waals surface area (Å²) in [6.45, 7) is 7.58. The van der Waals surface area contributed by atoms with Crippen molar-refractivity contribution in [1.29, 1.82) is 0 Å². The molecule has 7 unspecified atom stereocenters. The topological polar surface area (TPSA) is 399 Å². The summed E-state index contributed by atoms with van der Waals surface area (Å²) >= 11 is 0. The summed E-state index contributed by atoms with van der Waals surface area (Å²) in [7, 11) is 0. The molecular formula is C43H56N16O13. The Balaban J connectivity index is 1.69. The molecule has 29 nitrogen and oxygen atoms in total. The van der Waals surface area contributed by atoms with Gasteiger partial charge in [0.1, 0.15) is 42.1 Å². The molecule has 0 radical (unpaired) electrons. The van der Waals surface area contributed by atoms with Crippen LogP contribution in [0.3, 0.4) is 0 Å². The Labute approximate surface area is 412 Å². The largest absolute Gasteiger partial charge is 0.458 e. The molecule has 1 amide bonds. The number of nitrogens with zero attached hydrogens (tertiary/aromatic N) is 15. The minimum atomic E-state index is -1.75. The van der Waals surface area contributed by atoms with Crippen molar-refractivity contribution >= 4 is 18.0 Å². The highest BCUT2D eigenvalue weighted by Crippen LogP contribution is 2.39. The van der Waals surface area contributed by atoms with E-state index in [1.807, 2.05) is 48.5 Å². The number of carbonyl (C=O) groups excluding carboxylic acids is 3. The zero-order valence-electron chi connectivity index (χ0n) is 40.2. The van der Waals surface area contributed by atoms with E-state index in [4.69, 9.17) is 52.9 Å². The number of esters is 2. The molecule has 15 atom stereocenters. The molecule has 3 aliphatic rings. The first-order chi connectivity index (χ1) is 34.6. The maximum absolute atomic E-state index is 13.6. The van der Waals surface area contributed by atoms with E-state index < -0.39 is 115 Å². The lowest BCUT2D eigenvalue weighted by atomic mass is 9.83. The van der Waals surface area contributed by atoms with Crippen molar-refractivity contribution in [3.63, 3.8) is 0 Å². The number of hydrogen-bond donors (Lipinski definition) is 1. The van der Waals surface area contributed by atoms with Gasteiger partial charge in [-0.05, 0) is 72.9 Å². The fourth-order valence-electron chi connectivity index (χ4n) is 8.39. The predicted octanol–water partition coefficient (Wildman–Crippen LogP) is 7.60. The van der Waals surface area contributed by atoms with Crippen LogP contribution < -0.4 is 5.32 Å². The molecule has 29 heteroatoms. The van der Waals surface area contributed by atoms with E-state index in [-0.39, 0.29) is 39.3 Å². The summed E-state index contributed by atoms with van der Waals surface area (Å²) in [6, 6.07) is 12.9. The van der Waals surface area contributed by atoms with Crippen molar-refractivity contribution < 1.29 is 61.8 Å². The van der Waals surface area contributed by atoms with Crippen molar-refractivity contribution in [2.24, 2.45) is 25.6 Å². The molecule has 2 aromatic rings. The quantitative estimate of drug-likeness (QED) is 0.0297. The number of rotatable bonds is 22. The average Bonchev–Trinajstić information content (AvgIpc) is 3.33. The number of ether oxygens (including phenoxy) is 10. The van der Waals surface area contributed by atoms with Gasteiger partial charge in [-0.15, -0.1) is 0 Å². The van der Waals surface area contributed by atoms with Gasteiger partial charge in [0.25, 0.3) is 0 Å². The van der Waals surface area contributed by atoms with Crippen LogP contribution in [0.4, 0.5) is 4.79 Å². The number of hydrogen-bond acceptors (Lipinski definition) is 18. The van der Waals surface area contributed by atoms with Crippen molar-refractivity contribution in [2.75, 3.05) is 19.7 Å². The highest BCUT2D eigenvalue weighted by Gasteiger charge is 2.56. The highest BCUT2D eigenvalue weighted by molar-refractivity contribution is 5.68. The summed E-state index contributed by atoms with van der Waals surface area (Å²) in [6.07, 6.45) is -17.0. The number of carbonyl (C=O) groups is 3. The van der Waals surface area contributed by atoms with Crippen LogP contribution in [0.15, 0.2) is 86.2 Å². The lowest BCUT2D eigenvalue weighted by molar-refractivity contribution is -0.335. The molecule has 1 saturated carbocycles. The molecule has 386 valence electrons. The maximum atomic E-state index is 13.6. The van der Waals surface area contributed by atoms with Crippen LogP contribution in [-0.2, 0) is 70.2 Å². The van der Waals surface area contributed by atoms with Crippen molar-refractivity contribution in [3.8, 4) is 0 Å². The second kappa shape index (κ2) is 27.5. The Bertz CT molecular complexity index is 2370. The normalized spacial score (nSPS) is 29.9. The minimum absolute atomic E-state index is 0.0118. The van der Waals surface area contributed by atoms with Gasteiger partial charge in [-0.25, -0.2) is 4.79 Å². The Kier molecular flexibility index (Phi) is 21.3. The number of amides is 1. The molecule has 2 aliphatic heterocycles. The summed E-state index contributed by atoms with van der Waals surface area (Å²) in [5, 5.41) is 22.0. The molecular weight excluding hydrogens is 949 g/mol. The monoisotopic (exact) mass is 1000 g/mol. The molecule has 2 heterocycles. The Morgan fingerprint density at radius 3 is 1.79 bits per heavy atom. The first-order valence-corrected chi connectivity index (χ1v) is 22.6. The fraction of sp³-hybridized carbons (Fsp3) is 0.651. The van der Waals surface area contributed by atoms with E-state index in [2.05, 4.69) is 55.4 Å². The van der Waals surface area contributed by atoms with E-state index in [0.717, 1.165) is 25.0 Å². The third kappa shape index (κ3) is 16.0. The van der Waals surface area contributed by atoms with Crippen molar-refractivity contribution in [2.45, 2.75) is 158 Å². The number of nitrogens with one attached hydrogen (secondary N) is 1. The first kappa shape index (κ1) is 55.8. The number of azide groups is 5. The van der Waals surface area contributed by atoms with E-state index >= 15 is 0 Å². The molecule has 0 spiro atoms. The smallest absolute Gasteiger partial charge is 0.407 e. The van der Waals surface area contributed by atoms with Gasteiger partial charge in [0, 0.05) is 45.0 Å². The van der Waals surface area contributed by atoms with Crippen LogP contribution in [0.2, 0.25) is 0 Å². The SMILES string of the molecule is CC(=O)OC1[C@H](O[C@H]2C(O[C@@H]3OC(CN=[N+]=[N-])[C@H](OCc4ccccc4)[C@H](OCc4ccccc4)C3N=[N+]=[N-])C(N=[N+]=[N-])C[C@@H](NC(=O)OC(C)(C)C)C2OCCN=[N+]=[N-])OC(C)[C@H](N=[N+]=[N-])[C@@H]1OC(C)=O. The first-order valence-electron chi connectivity index (χ1n) is 22.6. The molecule has 2 saturated heterocycles. The summed E-state index contributed by atoms with van der Waals surface area (Å²) < 4.78 is 62.6. The lowest BCUT2D eigenvalue weighted by Gasteiger charge is -2.51. The van der Waals surface area contributed by atoms with Gasteiger partial charge in [0.05, 0.1) is 56.8 Å². The van der Waals surface area contributed by atoms with Gasteiger partial charge < -0.3 is 52.7 Å². The Morgan fingerprint density at radius 2 is 1.22 bits per heavy atom. The van der Waals surface area contributed by atoms with Gasteiger partial charge in [0.2, 0.25) is 0 Å². The molecule has 1 aliphatic carbocycles. The number of benzene rings is 2. The molecule has 3 fully saturated rings. The van der Waals surface area contributed by atoms with Gasteiger partial charge in [-0.2, -0.15) is 0 Å². The van der Waals surface area contributed by atoms with Crippen LogP contribution in [0, 0.1) is 0 Å². The van der Waals surface area contributed by atoms with E-state index in [9.17, 15) is 36.5 Å². The summed E-state index contributed by atoms with van der Waals surface area (Å²) in [4.78, 5) is 53.7. The second-order valence-electron chi connectivity index (χ2n) is 17.5. The van der Waals surface area contributed by atoms with Crippen molar-refractivity contribution in [1.82, 2.24) is 5.32 Å². The number of alkyl carbamates (subject to hydrolysis) is 1. The highest BCUT2D eigenvalue weighted by atomic mass is 16.7. The molecule has 2 aromatic carbocycles. The van der Waals surface area contributed by atoms with Crippen LogP contribution >= 0.6 is 0 Å². The maximum Gasteiger partial charge on any atom is 0.407 e. The van der Waals surface area contributed by atoms with E-state index in [1.54, 1.807) is 32.9 Å². The standard InChI is InChI=1S/C43H56N16O13/c1-23-31(53-58-47)37(67-24(2)60)39(68-25(3)61)41(66-23)71-38-33(63-18-17-49-55-44)28(51-42(62)72-43(4,5)6)19-29(52-57-46)34(38)70-40-32(54-59-48)36(65-22-27-15-11-8-12-16-27)35(30(69-40)20-50-56-45)64-21-26-13-9-7-10-14-26/h7-16,23,28-41H,17-22H2,1-6H3,(H,51,62)/t23?,28-,29?,30?,31+,32?,33?,34?,35+,36-,37+,38-,39?,40+,41+/m1/s1. The van der Waals surface area contributed by atoms with Gasteiger partial charge >= 0.3 is 18.0 Å². The molecule has 1 N–H and O–H groups in total. The van der Waals surface area contributed by atoms with E-state index in [1.165, 1.54) is 6.92 Å². The summed E-state index contributed by atoms with van der Waals surface area (Å²) in [5.74, 6) is -1.75. The van der Waals surface area contributed by atoms with Crippen LogP contribution in [0.25, 0.3) is 52.2 Å². The Hall–Kier alpha value is -7.08. The predicted molar refractivity (Wildman–Crippen MR) is 248 cm³/mol. The average molecular weight is 1010 g/mol. The molecule has 0 aromatic heterocycles. The van der Waals surface area contributed by atoms with E-state index in [0.29, 0.717) is 0 Å². The third-order valence-corrected chi connectivity index (χ3v) is 11.2. The van der Waals surface area contributed by atoms with Gasteiger partial charge in [-0.3, -0.25) is 9.59 Å². The molecule has 0 bridgehead atoms. The van der Waals surface area contributed by atoms with Crippen molar-refractivity contribution in [3.05, 3.63) is 124 Å². The fourth-order valence-corrected chi connectivity index (χ4v) is 8.39. The molecule has 72 heavy (non-hydrogen) atoms. The summed E-state index contributed by atoms with van der Waals surface area (Å²) in [5.41, 5.74) is 49.0. The van der Waals surface area contributed by atoms with Gasteiger partial charge in [0.15, 0.2) is 24.8 Å². The van der Waals surface area contributed by atoms with Crippen LogP contribution in [-0.4, -0.2) is 135 Å². The van der Waals surface area contributed by atoms with Crippen LogP contribution in [0.5, 0.6) is 0 Å².